The normalized spacial score (nSPS) is 20.9. The number of aromatic amines is 1. The number of benzene rings is 1. The molecule has 1 aliphatic rings. The number of ether oxygens (including phenoxy) is 3. The van der Waals surface area contributed by atoms with Gasteiger partial charge in [-0.1, -0.05) is 46.3 Å². The van der Waals surface area contributed by atoms with Crippen LogP contribution < -0.4 is 16.4 Å². The highest BCUT2D eigenvalue weighted by atomic mass is 35.5. The van der Waals surface area contributed by atoms with Crippen LogP contribution in [0.2, 0.25) is 10.0 Å². The fraction of sp³-hybridized carbons (Fsp3) is 0.421. The molecule has 0 spiro atoms. The van der Waals surface area contributed by atoms with E-state index in [0.717, 1.165) is 16.2 Å². The predicted molar refractivity (Wildman–Crippen MR) is 125 cm³/mol. The van der Waals surface area contributed by atoms with Crippen LogP contribution in [0.25, 0.3) is 5.70 Å². The number of hydrazine groups is 1. The second-order valence-corrected chi connectivity index (χ2v) is 9.72. The predicted octanol–water partition coefficient (Wildman–Crippen LogP) is 3.11. The molecule has 0 aliphatic carbocycles. The summed E-state index contributed by atoms with van der Waals surface area (Å²) in [5, 5.41) is 3.99. The fourth-order valence-electron chi connectivity index (χ4n) is 2.77. The van der Waals surface area contributed by atoms with Crippen molar-refractivity contribution in [2.45, 2.75) is 35.6 Å². The number of nitrogens with one attached hydrogen (secondary N) is 1. The minimum atomic E-state index is -0.414. The van der Waals surface area contributed by atoms with E-state index in [2.05, 4.69) is 4.98 Å². The van der Waals surface area contributed by atoms with E-state index in [1.807, 2.05) is 13.0 Å². The van der Waals surface area contributed by atoms with Gasteiger partial charge in [-0.2, -0.15) is 0 Å². The molecule has 0 radical (unpaired) electrons. The van der Waals surface area contributed by atoms with E-state index in [1.165, 1.54) is 16.8 Å². The van der Waals surface area contributed by atoms with Crippen molar-refractivity contribution in [1.82, 2.24) is 9.99 Å². The Balaban J connectivity index is 1.74. The van der Waals surface area contributed by atoms with E-state index < -0.39 is 11.5 Å². The van der Waals surface area contributed by atoms with E-state index in [0.29, 0.717) is 28.0 Å². The second-order valence-electron chi connectivity index (χ2n) is 6.89. The first-order chi connectivity index (χ1) is 14.8. The Morgan fingerprint density at radius 1 is 1.48 bits per heavy atom. The van der Waals surface area contributed by atoms with Crippen molar-refractivity contribution in [1.29, 1.82) is 0 Å². The van der Waals surface area contributed by atoms with Gasteiger partial charge < -0.3 is 29.9 Å². The summed E-state index contributed by atoms with van der Waals surface area (Å²) >= 11 is 14.7. The lowest BCUT2D eigenvalue weighted by atomic mass is 10.1. The van der Waals surface area contributed by atoms with Crippen molar-refractivity contribution in [3.05, 3.63) is 55.2 Å². The van der Waals surface area contributed by atoms with Gasteiger partial charge in [-0.25, -0.2) is 5.84 Å². The van der Waals surface area contributed by atoms with Gasteiger partial charge in [-0.15, -0.1) is 0 Å². The standard InChI is InChI=1S/C19H24Cl2N4O4S2/c1-10-17(8-28-10)29-18(31-11-3-4-12(20)13(21)5-11)16(27-2)7-25(23)6-14(22)15-9-30-19(26)24-15/h3-6,9-10,16-18H,7-8,22-23H2,1-2H3,(H,24,26)/b14-6-/t10?,16-,17?,18?/m0/s1. The van der Waals surface area contributed by atoms with Gasteiger partial charge in [-0.05, 0) is 25.1 Å². The number of hydrogen-bond donors (Lipinski definition) is 3. The summed E-state index contributed by atoms with van der Waals surface area (Å²) in [4.78, 5) is 14.7. The second kappa shape index (κ2) is 11.1. The molecule has 2 heterocycles. The first-order valence-corrected chi connectivity index (χ1v) is 11.9. The van der Waals surface area contributed by atoms with Gasteiger partial charge in [0.15, 0.2) is 0 Å². The van der Waals surface area contributed by atoms with Gasteiger partial charge in [0, 0.05) is 23.6 Å². The average molecular weight is 507 g/mol. The smallest absolute Gasteiger partial charge is 0.304 e. The highest BCUT2D eigenvalue weighted by Gasteiger charge is 2.35. The van der Waals surface area contributed by atoms with E-state index in [4.69, 9.17) is 49.0 Å². The Kier molecular flexibility index (Phi) is 8.71. The van der Waals surface area contributed by atoms with Crippen molar-refractivity contribution in [3.8, 4) is 0 Å². The zero-order chi connectivity index (χ0) is 22.5. The third-order valence-corrected chi connectivity index (χ3v) is 7.21. The lowest BCUT2D eigenvalue weighted by Gasteiger charge is -2.38. The molecule has 1 fully saturated rings. The van der Waals surface area contributed by atoms with Crippen molar-refractivity contribution in [2.75, 3.05) is 20.3 Å². The molecule has 170 valence electrons. The van der Waals surface area contributed by atoms with Crippen LogP contribution in [-0.4, -0.2) is 54.0 Å². The Morgan fingerprint density at radius 2 is 2.26 bits per heavy atom. The summed E-state index contributed by atoms with van der Waals surface area (Å²) in [6.45, 7) is 2.75. The van der Waals surface area contributed by atoms with Crippen LogP contribution in [0, 0.1) is 0 Å². The number of H-pyrrole nitrogens is 1. The van der Waals surface area contributed by atoms with Crippen LogP contribution >= 0.6 is 46.3 Å². The monoisotopic (exact) mass is 506 g/mol. The summed E-state index contributed by atoms with van der Waals surface area (Å²) in [7, 11) is 1.59. The lowest BCUT2D eigenvalue weighted by molar-refractivity contribution is -0.198. The van der Waals surface area contributed by atoms with Gasteiger partial charge in [-0.3, -0.25) is 4.79 Å². The van der Waals surface area contributed by atoms with E-state index in [1.54, 1.807) is 30.8 Å². The molecule has 5 N–H and O–H groups in total. The summed E-state index contributed by atoms with van der Waals surface area (Å²) in [6.07, 6.45) is 1.07. The Hall–Kier alpha value is -1.24. The van der Waals surface area contributed by atoms with Gasteiger partial charge in [0.25, 0.3) is 0 Å². The largest absolute Gasteiger partial charge is 0.396 e. The molecule has 3 unspecified atom stereocenters. The van der Waals surface area contributed by atoms with E-state index in [9.17, 15) is 4.79 Å². The zero-order valence-electron chi connectivity index (χ0n) is 16.9. The Labute approximate surface area is 198 Å². The summed E-state index contributed by atoms with van der Waals surface area (Å²) < 4.78 is 17.4. The summed E-state index contributed by atoms with van der Waals surface area (Å²) in [5.41, 5.74) is 6.49. The molecule has 2 aromatic rings. The molecule has 0 saturated carbocycles. The zero-order valence-corrected chi connectivity index (χ0v) is 20.1. The van der Waals surface area contributed by atoms with E-state index in [-0.39, 0.29) is 23.6 Å². The van der Waals surface area contributed by atoms with E-state index >= 15 is 0 Å². The van der Waals surface area contributed by atoms with Crippen LogP contribution in [0.1, 0.15) is 12.6 Å². The number of nitrogens with zero attached hydrogens (tertiary/aromatic N) is 1. The van der Waals surface area contributed by atoms with Crippen LogP contribution in [0.5, 0.6) is 0 Å². The van der Waals surface area contributed by atoms with Gasteiger partial charge in [0.2, 0.25) is 0 Å². The molecule has 8 nitrogen and oxygen atoms in total. The van der Waals surface area contributed by atoms with Crippen LogP contribution in [0.15, 0.2) is 39.5 Å². The molecule has 3 rings (SSSR count). The minimum absolute atomic E-state index is 0.00523. The number of rotatable bonds is 10. The molecule has 12 heteroatoms. The molecule has 1 aliphatic heterocycles. The van der Waals surface area contributed by atoms with Crippen LogP contribution in [0.4, 0.5) is 0 Å². The number of thioether (sulfide) groups is 1. The van der Waals surface area contributed by atoms with Crippen molar-refractivity contribution in [3.63, 3.8) is 0 Å². The fourth-order valence-corrected chi connectivity index (χ4v) is 4.87. The Bertz CT molecular complexity index is 970. The SMILES string of the molecule is CO[C@@H](CN(N)/C=C(\N)c1csc(=O)[nH]1)C(OC1COC1C)Sc1ccc(Cl)c(Cl)c1. The first-order valence-electron chi connectivity index (χ1n) is 9.35. The Morgan fingerprint density at radius 3 is 2.81 bits per heavy atom. The van der Waals surface area contributed by atoms with Crippen LogP contribution in [0.3, 0.4) is 0 Å². The number of nitrogens with two attached hydrogens (primary N) is 2. The maximum atomic E-state index is 11.3. The number of methoxy groups -OCH3 is 1. The molecular weight excluding hydrogens is 483 g/mol. The van der Waals surface area contributed by atoms with Gasteiger partial charge in [0.1, 0.15) is 17.6 Å². The topological polar surface area (TPSA) is 116 Å². The number of hydrogen-bond acceptors (Lipinski definition) is 9. The molecule has 4 atom stereocenters. The summed E-state index contributed by atoms with van der Waals surface area (Å²) in [5.74, 6) is 6.16. The molecule has 1 aromatic heterocycles. The third-order valence-electron chi connectivity index (χ3n) is 4.63. The molecule has 0 amide bonds. The highest BCUT2D eigenvalue weighted by molar-refractivity contribution is 7.99. The van der Waals surface area contributed by atoms with Crippen molar-refractivity contribution < 1.29 is 14.2 Å². The third kappa shape index (κ3) is 6.62. The lowest BCUT2D eigenvalue weighted by Crippen LogP contribution is -2.50. The number of thiazole rings is 1. The van der Waals surface area contributed by atoms with Gasteiger partial charge >= 0.3 is 4.87 Å². The highest BCUT2D eigenvalue weighted by Crippen LogP contribution is 2.34. The quantitative estimate of drug-likeness (QED) is 0.195. The van der Waals surface area contributed by atoms with Crippen molar-refractivity contribution in [2.24, 2.45) is 11.6 Å². The number of aromatic nitrogens is 1. The van der Waals surface area contributed by atoms with Gasteiger partial charge in [0.05, 0.1) is 40.7 Å². The maximum absolute atomic E-state index is 11.3. The molecule has 1 aromatic carbocycles. The molecule has 31 heavy (non-hydrogen) atoms. The maximum Gasteiger partial charge on any atom is 0.304 e. The average Bonchev–Trinajstić information content (AvgIpc) is 3.17. The first kappa shape index (κ1) is 24.4. The number of halogens is 2. The molecule has 1 saturated heterocycles. The van der Waals surface area contributed by atoms with Crippen LogP contribution in [-0.2, 0) is 14.2 Å². The van der Waals surface area contributed by atoms with Crippen molar-refractivity contribution >= 4 is 52.0 Å². The minimum Gasteiger partial charge on any atom is -0.396 e. The molecular formula is C19H24Cl2N4O4S2. The summed E-state index contributed by atoms with van der Waals surface area (Å²) in [6, 6.07) is 5.39. The molecule has 0 bridgehead atoms.